The lowest BCUT2D eigenvalue weighted by Gasteiger charge is -2.14. The Labute approximate surface area is 151 Å². The van der Waals surface area contributed by atoms with E-state index in [4.69, 9.17) is 9.47 Å². The molecule has 0 saturated heterocycles. The molecule has 0 bridgehead atoms. The highest BCUT2D eigenvalue weighted by atomic mass is 16.7. The predicted octanol–water partition coefficient (Wildman–Crippen LogP) is 2.54. The number of nitrogens with zero attached hydrogens (tertiary/aromatic N) is 5. The SMILES string of the molecule is CC(Cc1ccc2c(c1)OCO2)c1nccn1Cc1nnc2n1CCC2. The number of benzene rings is 1. The molecular formula is C19H21N5O2. The molecule has 5 rings (SSSR count). The van der Waals surface area contributed by atoms with Crippen LogP contribution in [-0.2, 0) is 25.9 Å². The quantitative estimate of drug-likeness (QED) is 0.707. The summed E-state index contributed by atoms with van der Waals surface area (Å²) in [7, 11) is 0. The first-order valence-corrected chi connectivity index (χ1v) is 9.08. The van der Waals surface area contributed by atoms with Crippen molar-refractivity contribution >= 4 is 0 Å². The number of rotatable bonds is 5. The second-order valence-corrected chi connectivity index (χ2v) is 6.99. The summed E-state index contributed by atoms with van der Waals surface area (Å²) in [6, 6.07) is 6.15. The van der Waals surface area contributed by atoms with Gasteiger partial charge in [-0.05, 0) is 30.5 Å². The third kappa shape index (κ3) is 2.64. The van der Waals surface area contributed by atoms with Crippen molar-refractivity contribution < 1.29 is 9.47 Å². The smallest absolute Gasteiger partial charge is 0.231 e. The molecule has 0 saturated carbocycles. The zero-order valence-corrected chi connectivity index (χ0v) is 14.8. The Bertz CT molecular complexity index is 945. The van der Waals surface area contributed by atoms with E-state index in [1.165, 1.54) is 5.56 Å². The average molecular weight is 351 g/mol. The van der Waals surface area contributed by atoms with E-state index in [9.17, 15) is 0 Å². The Hall–Kier alpha value is -2.83. The van der Waals surface area contributed by atoms with Crippen molar-refractivity contribution in [3.05, 3.63) is 53.6 Å². The molecule has 7 heteroatoms. The minimum Gasteiger partial charge on any atom is -0.454 e. The van der Waals surface area contributed by atoms with Gasteiger partial charge in [0.25, 0.3) is 0 Å². The number of ether oxygens (including phenoxy) is 2. The van der Waals surface area contributed by atoms with Crippen LogP contribution in [-0.4, -0.2) is 31.1 Å². The number of fused-ring (bicyclic) bond motifs is 2. The summed E-state index contributed by atoms with van der Waals surface area (Å²) in [6.45, 7) is 4.25. The van der Waals surface area contributed by atoms with Crippen molar-refractivity contribution in [2.75, 3.05) is 6.79 Å². The van der Waals surface area contributed by atoms with Gasteiger partial charge in [-0.15, -0.1) is 10.2 Å². The van der Waals surface area contributed by atoms with Gasteiger partial charge in [0, 0.05) is 31.3 Å². The lowest BCUT2D eigenvalue weighted by molar-refractivity contribution is 0.174. The molecule has 2 aliphatic rings. The molecular weight excluding hydrogens is 330 g/mol. The first kappa shape index (κ1) is 15.4. The molecule has 0 spiro atoms. The van der Waals surface area contributed by atoms with Crippen LogP contribution in [0.25, 0.3) is 0 Å². The standard InChI is InChI=1S/C19H21N5O2/c1-13(9-14-4-5-15-16(10-14)26-12-25-15)19-20-6-8-23(19)11-18-22-21-17-3-2-7-24(17)18/h4-6,8,10,13H,2-3,7,9,11-12H2,1H3. The maximum atomic E-state index is 5.49. The van der Waals surface area contributed by atoms with Gasteiger partial charge in [-0.3, -0.25) is 0 Å². The van der Waals surface area contributed by atoms with Crippen LogP contribution in [0.15, 0.2) is 30.6 Å². The van der Waals surface area contributed by atoms with Crippen LogP contribution in [0.1, 0.15) is 42.3 Å². The molecule has 0 fully saturated rings. The summed E-state index contributed by atoms with van der Waals surface area (Å²) in [5, 5.41) is 8.68. The molecule has 0 N–H and O–H groups in total. The zero-order chi connectivity index (χ0) is 17.5. The Kier molecular flexibility index (Phi) is 3.65. The minimum absolute atomic E-state index is 0.284. The number of aryl methyl sites for hydroxylation is 1. The Morgan fingerprint density at radius 1 is 1.19 bits per heavy atom. The molecule has 1 unspecified atom stereocenters. The number of imidazole rings is 1. The third-order valence-electron chi connectivity index (χ3n) is 5.17. The van der Waals surface area contributed by atoms with Gasteiger partial charge in [0.2, 0.25) is 6.79 Å². The van der Waals surface area contributed by atoms with Gasteiger partial charge in [-0.25, -0.2) is 4.98 Å². The van der Waals surface area contributed by atoms with Crippen molar-refractivity contribution in [1.29, 1.82) is 0 Å². The van der Waals surface area contributed by atoms with Crippen LogP contribution in [0.4, 0.5) is 0 Å². The van der Waals surface area contributed by atoms with Crippen molar-refractivity contribution in [3.8, 4) is 11.5 Å². The summed E-state index contributed by atoms with van der Waals surface area (Å²) < 4.78 is 15.3. The highest BCUT2D eigenvalue weighted by Gasteiger charge is 2.20. The van der Waals surface area contributed by atoms with Gasteiger partial charge in [0.05, 0.1) is 6.54 Å². The number of hydrogen-bond donors (Lipinski definition) is 0. The first-order chi connectivity index (χ1) is 12.8. The maximum Gasteiger partial charge on any atom is 0.231 e. The van der Waals surface area contributed by atoms with Gasteiger partial charge in [0.1, 0.15) is 11.6 Å². The molecule has 1 aromatic carbocycles. The molecule has 2 aromatic heterocycles. The van der Waals surface area contributed by atoms with Crippen molar-refractivity contribution in [2.45, 2.75) is 45.2 Å². The van der Waals surface area contributed by atoms with E-state index in [1.807, 2.05) is 18.5 Å². The first-order valence-electron chi connectivity index (χ1n) is 9.08. The van der Waals surface area contributed by atoms with E-state index in [2.05, 4.69) is 43.4 Å². The van der Waals surface area contributed by atoms with Crippen LogP contribution < -0.4 is 9.47 Å². The molecule has 0 aliphatic carbocycles. The van der Waals surface area contributed by atoms with E-state index in [0.29, 0.717) is 13.3 Å². The number of hydrogen-bond acceptors (Lipinski definition) is 5. The van der Waals surface area contributed by atoms with E-state index in [0.717, 1.165) is 54.8 Å². The van der Waals surface area contributed by atoms with Gasteiger partial charge >= 0.3 is 0 Å². The highest BCUT2D eigenvalue weighted by Crippen LogP contribution is 2.33. The largest absolute Gasteiger partial charge is 0.454 e. The predicted molar refractivity (Wildman–Crippen MR) is 94.4 cm³/mol. The van der Waals surface area contributed by atoms with E-state index >= 15 is 0 Å². The molecule has 1 atom stereocenters. The molecule has 26 heavy (non-hydrogen) atoms. The second-order valence-electron chi connectivity index (χ2n) is 6.99. The van der Waals surface area contributed by atoms with Gasteiger partial charge in [-0.2, -0.15) is 0 Å². The van der Waals surface area contributed by atoms with E-state index in [-0.39, 0.29) is 5.92 Å². The van der Waals surface area contributed by atoms with Crippen molar-refractivity contribution in [3.63, 3.8) is 0 Å². The van der Waals surface area contributed by atoms with Crippen LogP contribution in [0, 0.1) is 0 Å². The second kappa shape index (κ2) is 6.16. The number of aromatic nitrogens is 5. The van der Waals surface area contributed by atoms with Crippen LogP contribution in [0.2, 0.25) is 0 Å². The summed E-state index contributed by atoms with van der Waals surface area (Å²) in [4.78, 5) is 4.61. The summed E-state index contributed by atoms with van der Waals surface area (Å²) in [5.41, 5.74) is 1.22. The fraction of sp³-hybridized carbons (Fsp3) is 0.421. The molecule has 7 nitrogen and oxygen atoms in total. The monoisotopic (exact) mass is 351 g/mol. The fourth-order valence-corrected chi connectivity index (χ4v) is 3.88. The van der Waals surface area contributed by atoms with Crippen LogP contribution >= 0.6 is 0 Å². The van der Waals surface area contributed by atoms with Crippen molar-refractivity contribution in [1.82, 2.24) is 24.3 Å². The average Bonchev–Trinajstić information content (AvgIpc) is 3.40. The summed E-state index contributed by atoms with van der Waals surface area (Å²) in [5.74, 6) is 5.13. The third-order valence-corrected chi connectivity index (χ3v) is 5.17. The normalized spacial score (nSPS) is 16.0. The van der Waals surface area contributed by atoms with Crippen molar-refractivity contribution in [2.24, 2.45) is 0 Å². The Morgan fingerprint density at radius 3 is 3.08 bits per heavy atom. The Balaban J connectivity index is 1.35. The highest BCUT2D eigenvalue weighted by molar-refractivity contribution is 5.44. The molecule has 4 heterocycles. The van der Waals surface area contributed by atoms with Gasteiger partial charge in [-0.1, -0.05) is 13.0 Å². The van der Waals surface area contributed by atoms with Crippen LogP contribution in [0.3, 0.4) is 0 Å². The van der Waals surface area contributed by atoms with Gasteiger partial charge < -0.3 is 18.6 Å². The summed E-state index contributed by atoms with van der Waals surface area (Å²) in [6.07, 6.45) is 6.99. The van der Waals surface area contributed by atoms with E-state index in [1.54, 1.807) is 0 Å². The van der Waals surface area contributed by atoms with Gasteiger partial charge in [0.15, 0.2) is 17.3 Å². The molecule has 3 aromatic rings. The lowest BCUT2D eigenvalue weighted by Crippen LogP contribution is -2.13. The summed E-state index contributed by atoms with van der Waals surface area (Å²) >= 11 is 0. The van der Waals surface area contributed by atoms with E-state index < -0.39 is 0 Å². The molecule has 2 aliphatic heterocycles. The molecule has 134 valence electrons. The molecule has 0 amide bonds. The van der Waals surface area contributed by atoms with Crippen LogP contribution in [0.5, 0.6) is 11.5 Å². The molecule has 0 radical (unpaired) electrons. The lowest BCUT2D eigenvalue weighted by atomic mass is 10.00. The maximum absolute atomic E-state index is 5.49. The zero-order valence-electron chi connectivity index (χ0n) is 14.8. The fourth-order valence-electron chi connectivity index (χ4n) is 3.88. The minimum atomic E-state index is 0.284. The Morgan fingerprint density at radius 2 is 2.12 bits per heavy atom. The topological polar surface area (TPSA) is 67.0 Å².